The van der Waals surface area contributed by atoms with Gasteiger partial charge in [0.2, 0.25) is 0 Å². The number of nitrogens with zero attached hydrogens (tertiary/aromatic N) is 3. The molecule has 0 bridgehead atoms. The Balaban J connectivity index is 1.51. The second-order valence-corrected chi connectivity index (χ2v) is 6.77. The fraction of sp³-hybridized carbons (Fsp3) is 0.667. The molecule has 0 saturated carbocycles. The van der Waals surface area contributed by atoms with Crippen molar-refractivity contribution in [2.75, 3.05) is 33.2 Å². The van der Waals surface area contributed by atoms with Gasteiger partial charge in [-0.3, -0.25) is 4.79 Å². The molecule has 2 fully saturated rings. The molecule has 120 valence electrons. The van der Waals surface area contributed by atoms with Gasteiger partial charge < -0.3 is 15.1 Å². The van der Waals surface area contributed by atoms with E-state index >= 15 is 0 Å². The molecule has 0 radical (unpaired) electrons. The molecular formula is C15H22N4O2S. The van der Waals surface area contributed by atoms with Crippen LogP contribution < -0.4 is 5.32 Å². The highest BCUT2D eigenvalue weighted by atomic mass is 32.1. The predicted molar refractivity (Wildman–Crippen MR) is 84.9 cm³/mol. The van der Waals surface area contributed by atoms with E-state index < -0.39 is 0 Å². The van der Waals surface area contributed by atoms with Gasteiger partial charge in [0, 0.05) is 38.6 Å². The summed E-state index contributed by atoms with van der Waals surface area (Å²) in [5.41, 5.74) is 2.27. The Morgan fingerprint density at radius 3 is 2.50 bits per heavy atom. The van der Waals surface area contributed by atoms with Crippen LogP contribution in [0.3, 0.4) is 0 Å². The second kappa shape index (κ2) is 6.64. The number of hydrogen-bond donors (Lipinski definition) is 1. The van der Waals surface area contributed by atoms with Gasteiger partial charge >= 0.3 is 6.03 Å². The van der Waals surface area contributed by atoms with E-state index in [2.05, 4.69) is 10.3 Å². The number of piperidine rings is 1. The second-order valence-electron chi connectivity index (χ2n) is 6.05. The van der Waals surface area contributed by atoms with Crippen LogP contribution in [0.5, 0.6) is 0 Å². The topological polar surface area (TPSA) is 65.5 Å². The molecule has 6 nitrogen and oxygen atoms in total. The Hall–Kier alpha value is -1.63. The lowest BCUT2D eigenvalue weighted by Gasteiger charge is -2.34. The average Bonchev–Trinajstić information content (AvgIpc) is 3.25. The summed E-state index contributed by atoms with van der Waals surface area (Å²) in [7, 11) is 1.67. The highest BCUT2D eigenvalue weighted by Gasteiger charge is 2.34. The van der Waals surface area contributed by atoms with Gasteiger partial charge in [-0.1, -0.05) is 0 Å². The largest absolute Gasteiger partial charge is 0.341 e. The van der Waals surface area contributed by atoms with Crippen molar-refractivity contribution in [2.24, 2.45) is 11.8 Å². The van der Waals surface area contributed by atoms with Crippen molar-refractivity contribution in [1.29, 1.82) is 0 Å². The molecule has 7 heteroatoms. The molecule has 3 heterocycles. The molecule has 1 atom stereocenters. The van der Waals surface area contributed by atoms with E-state index in [9.17, 15) is 9.59 Å². The number of likely N-dealkylation sites (tertiary alicyclic amines) is 2. The zero-order valence-electron chi connectivity index (χ0n) is 12.8. The molecule has 1 aromatic heterocycles. The molecule has 0 aliphatic carbocycles. The van der Waals surface area contributed by atoms with E-state index in [1.54, 1.807) is 12.6 Å². The van der Waals surface area contributed by atoms with Crippen LogP contribution in [-0.4, -0.2) is 59.9 Å². The maximum absolute atomic E-state index is 12.3. The van der Waals surface area contributed by atoms with Gasteiger partial charge in [0.05, 0.1) is 5.51 Å². The SMILES string of the molecule is CNC(=O)N1CCC(C2CCN(C(=O)c3cscn3)C2)CC1. The standard InChI is InChI=1S/C15H22N4O2S/c1-16-15(21)18-5-2-11(3-6-18)12-4-7-19(8-12)14(20)13-9-22-10-17-13/h9-12H,2-8H2,1H3,(H,16,21). The first-order valence-electron chi connectivity index (χ1n) is 7.83. The number of nitrogens with one attached hydrogen (secondary N) is 1. The lowest BCUT2D eigenvalue weighted by molar-refractivity contribution is 0.0772. The molecule has 1 N–H and O–H groups in total. The summed E-state index contributed by atoms with van der Waals surface area (Å²) in [5, 5.41) is 4.50. The number of carbonyl (C=O) groups is 2. The molecule has 2 aliphatic heterocycles. The summed E-state index contributed by atoms with van der Waals surface area (Å²) >= 11 is 1.46. The lowest BCUT2D eigenvalue weighted by Crippen LogP contribution is -2.44. The molecule has 3 amide bonds. The normalized spacial score (nSPS) is 22.9. The van der Waals surface area contributed by atoms with E-state index in [1.807, 2.05) is 15.2 Å². The van der Waals surface area contributed by atoms with E-state index in [0.717, 1.165) is 45.4 Å². The molecular weight excluding hydrogens is 300 g/mol. The fourth-order valence-corrected chi connectivity index (χ4v) is 4.09. The Morgan fingerprint density at radius 1 is 1.18 bits per heavy atom. The summed E-state index contributed by atoms with van der Waals surface area (Å²) in [6.45, 7) is 3.30. The highest BCUT2D eigenvalue weighted by Crippen LogP contribution is 2.32. The number of rotatable bonds is 2. The minimum Gasteiger partial charge on any atom is -0.341 e. The van der Waals surface area contributed by atoms with E-state index in [0.29, 0.717) is 17.5 Å². The van der Waals surface area contributed by atoms with E-state index in [-0.39, 0.29) is 11.9 Å². The van der Waals surface area contributed by atoms with Crippen molar-refractivity contribution < 1.29 is 9.59 Å². The number of amides is 3. The maximum Gasteiger partial charge on any atom is 0.317 e. The average molecular weight is 322 g/mol. The van der Waals surface area contributed by atoms with E-state index in [1.165, 1.54) is 11.3 Å². The summed E-state index contributed by atoms with van der Waals surface area (Å²) in [4.78, 5) is 31.9. The smallest absolute Gasteiger partial charge is 0.317 e. The predicted octanol–water partition coefficient (Wildman–Crippen LogP) is 1.66. The Labute approximate surface area is 134 Å². The van der Waals surface area contributed by atoms with Gasteiger partial charge in [-0.25, -0.2) is 9.78 Å². The van der Waals surface area contributed by atoms with Gasteiger partial charge in [0.1, 0.15) is 5.69 Å². The molecule has 1 unspecified atom stereocenters. The van der Waals surface area contributed by atoms with Crippen LogP contribution in [0.2, 0.25) is 0 Å². The number of aromatic nitrogens is 1. The number of hydrogen-bond acceptors (Lipinski definition) is 4. The number of thiazole rings is 1. The summed E-state index contributed by atoms with van der Waals surface area (Å²) in [6.07, 6.45) is 3.15. The highest BCUT2D eigenvalue weighted by molar-refractivity contribution is 7.07. The number of carbonyl (C=O) groups excluding carboxylic acids is 2. The van der Waals surface area contributed by atoms with Crippen molar-refractivity contribution in [3.8, 4) is 0 Å². The first kappa shape index (κ1) is 15.3. The minimum absolute atomic E-state index is 0.0187. The first-order valence-corrected chi connectivity index (χ1v) is 8.77. The summed E-state index contributed by atoms with van der Waals surface area (Å²) in [6, 6.07) is 0.0187. The van der Waals surface area contributed by atoms with Crippen LogP contribution in [0, 0.1) is 11.8 Å². The molecule has 2 aliphatic rings. The van der Waals surface area contributed by atoms with Gasteiger partial charge in [-0.15, -0.1) is 11.3 Å². The van der Waals surface area contributed by atoms with Crippen molar-refractivity contribution in [3.05, 3.63) is 16.6 Å². The van der Waals surface area contributed by atoms with Crippen LogP contribution >= 0.6 is 11.3 Å². The monoisotopic (exact) mass is 322 g/mol. The number of urea groups is 1. The van der Waals surface area contributed by atoms with Crippen molar-refractivity contribution in [1.82, 2.24) is 20.1 Å². The van der Waals surface area contributed by atoms with Crippen molar-refractivity contribution in [3.63, 3.8) is 0 Å². The van der Waals surface area contributed by atoms with Crippen molar-refractivity contribution in [2.45, 2.75) is 19.3 Å². The first-order chi connectivity index (χ1) is 10.7. The molecule has 0 spiro atoms. The third-order valence-corrected chi connectivity index (χ3v) is 5.46. The van der Waals surface area contributed by atoms with Gasteiger partial charge in [-0.2, -0.15) is 0 Å². The third-order valence-electron chi connectivity index (χ3n) is 4.87. The van der Waals surface area contributed by atoms with Crippen molar-refractivity contribution >= 4 is 23.3 Å². The molecule has 1 aromatic rings. The quantitative estimate of drug-likeness (QED) is 0.900. The molecule has 3 rings (SSSR count). The van der Waals surface area contributed by atoms with E-state index in [4.69, 9.17) is 0 Å². The van der Waals surface area contributed by atoms with Crippen LogP contribution in [-0.2, 0) is 0 Å². The zero-order valence-corrected chi connectivity index (χ0v) is 13.6. The Kier molecular flexibility index (Phi) is 4.61. The van der Waals surface area contributed by atoms with Crippen LogP contribution in [0.4, 0.5) is 4.79 Å². The lowest BCUT2D eigenvalue weighted by atomic mass is 9.84. The third kappa shape index (κ3) is 3.09. The fourth-order valence-electron chi connectivity index (χ4n) is 3.57. The van der Waals surface area contributed by atoms with Crippen LogP contribution in [0.1, 0.15) is 29.8 Å². The summed E-state index contributed by atoms with van der Waals surface area (Å²) in [5.74, 6) is 1.25. The minimum atomic E-state index is 0.0187. The zero-order chi connectivity index (χ0) is 15.5. The van der Waals surface area contributed by atoms with Gasteiger partial charge in [0.15, 0.2) is 0 Å². The molecule has 2 saturated heterocycles. The molecule has 0 aromatic carbocycles. The Morgan fingerprint density at radius 2 is 1.86 bits per heavy atom. The van der Waals surface area contributed by atoms with Crippen LogP contribution in [0.15, 0.2) is 10.9 Å². The van der Waals surface area contributed by atoms with Gasteiger partial charge in [-0.05, 0) is 31.1 Å². The summed E-state index contributed by atoms with van der Waals surface area (Å²) < 4.78 is 0. The van der Waals surface area contributed by atoms with Crippen LogP contribution in [0.25, 0.3) is 0 Å². The molecule has 22 heavy (non-hydrogen) atoms. The Bertz CT molecular complexity index is 526. The van der Waals surface area contributed by atoms with Gasteiger partial charge in [0.25, 0.3) is 5.91 Å². The maximum atomic E-state index is 12.3.